The molecule has 1 aliphatic rings. The minimum atomic E-state index is -0.330. The zero-order chi connectivity index (χ0) is 15.9. The van der Waals surface area contributed by atoms with E-state index in [9.17, 15) is 9.18 Å². The van der Waals surface area contributed by atoms with Crippen LogP contribution in [-0.2, 0) is 9.47 Å². The average Bonchev–Trinajstić information content (AvgIpc) is 2.78. The molecule has 22 heavy (non-hydrogen) atoms. The SMILES string of the molecule is COC(CN1CCCN(C(=O)c2ccc(F)cc2)CC1)OC. The van der Waals surface area contributed by atoms with Crippen molar-refractivity contribution >= 4 is 5.91 Å². The summed E-state index contributed by atoms with van der Waals surface area (Å²) in [5.74, 6) is -0.374. The summed E-state index contributed by atoms with van der Waals surface area (Å²) < 4.78 is 23.4. The third-order valence-corrected chi connectivity index (χ3v) is 3.90. The minimum Gasteiger partial charge on any atom is -0.355 e. The lowest BCUT2D eigenvalue weighted by atomic mass is 10.2. The Bertz CT molecular complexity index is 477. The lowest BCUT2D eigenvalue weighted by molar-refractivity contribution is -0.115. The quantitative estimate of drug-likeness (QED) is 0.775. The average molecular weight is 310 g/mol. The van der Waals surface area contributed by atoms with Gasteiger partial charge in [-0.2, -0.15) is 0 Å². The zero-order valence-electron chi connectivity index (χ0n) is 13.1. The first-order valence-corrected chi connectivity index (χ1v) is 7.47. The Morgan fingerprint density at radius 3 is 2.45 bits per heavy atom. The standard InChI is InChI=1S/C16H23FN2O3/c1-21-15(22-2)12-18-8-3-9-19(11-10-18)16(20)13-4-6-14(17)7-5-13/h4-7,15H,3,8-12H2,1-2H3. The molecule has 0 aromatic heterocycles. The van der Waals surface area contributed by atoms with E-state index < -0.39 is 0 Å². The smallest absolute Gasteiger partial charge is 0.253 e. The highest BCUT2D eigenvalue weighted by atomic mass is 19.1. The summed E-state index contributed by atoms with van der Waals surface area (Å²) in [6.07, 6.45) is 0.645. The molecule has 122 valence electrons. The van der Waals surface area contributed by atoms with Gasteiger partial charge in [0.25, 0.3) is 5.91 Å². The van der Waals surface area contributed by atoms with Gasteiger partial charge in [-0.3, -0.25) is 9.69 Å². The Morgan fingerprint density at radius 2 is 1.82 bits per heavy atom. The van der Waals surface area contributed by atoms with Gasteiger partial charge >= 0.3 is 0 Å². The normalized spacial score (nSPS) is 16.8. The predicted molar refractivity (Wildman–Crippen MR) is 81.2 cm³/mol. The number of halogens is 1. The number of carbonyl (C=O) groups is 1. The Labute approximate surface area is 130 Å². The largest absolute Gasteiger partial charge is 0.355 e. The summed E-state index contributed by atoms with van der Waals surface area (Å²) in [6.45, 7) is 3.71. The number of methoxy groups -OCH3 is 2. The Balaban J connectivity index is 1.92. The topological polar surface area (TPSA) is 42.0 Å². The van der Waals surface area contributed by atoms with E-state index in [1.165, 1.54) is 24.3 Å². The van der Waals surface area contributed by atoms with Gasteiger partial charge in [0.05, 0.1) is 0 Å². The van der Waals surface area contributed by atoms with Crippen LogP contribution in [0.4, 0.5) is 4.39 Å². The van der Waals surface area contributed by atoms with Crippen LogP contribution < -0.4 is 0 Å². The van der Waals surface area contributed by atoms with Gasteiger partial charge in [0.1, 0.15) is 5.82 Å². The third kappa shape index (κ3) is 4.50. The van der Waals surface area contributed by atoms with Crippen LogP contribution in [0.5, 0.6) is 0 Å². The molecule has 5 nitrogen and oxygen atoms in total. The molecule has 0 saturated carbocycles. The zero-order valence-corrected chi connectivity index (χ0v) is 13.1. The molecule has 0 atom stereocenters. The fourth-order valence-electron chi connectivity index (χ4n) is 2.59. The highest BCUT2D eigenvalue weighted by Crippen LogP contribution is 2.11. The molecule has 1 fully saturated rings. The Hall–Kier alpha value is -1.50. The summed E-state index contributed by atoms with van der Waals surface area (Å²) in [6, 6.07) is 5.71. The second-order valence-electron chi connectivity index (χ2n) is 5.35. The molecule has 1 saturated heterocycles. The van der Waals surface area contributed by atoms with E-state index in [4.69, 9.17) is 9.47 Å². The molecule has 0 unspecified atom stereocenters. The monoisotopic (exact) mass is 310 g/mol. The van der Waals surface area contributed by atoms with Crippen molar-refractivity contribution in [2.45, 2.75) is 12.7 Å². The van der Waals surface area contributed by atoms with Gasteiger partial charge in [0.15, 0.2) is 6.29 Å². The first-order chi connectivity index (χ1) is 10.6. The van der Waals surface area contributed by atoms with Gasteiger partial charge in [-0.25, -0.2) is 4.39 Å². The van der Waals surface area contributed by atoms with Gasteiger partial charge in [0.2, 0.25) is 0 Å². The van der Waals surface area contributed by atoms with Gasteiger partial charge in [0, 0.05) is 52.5 Å². The maximum absolute atomic E-state index is 12.9. The lowest BCUT2D eigenvalue weighted by Crippen LogP contribution is -2.38. The van der Waals surface area contributed by atoms with Gasteiger partial charge in [-0.05, 0) is 30.7 Å². The molecule has 0 bridgehead atoms. The first kappa shape index (κ1) is 16.9. The molecule has 1 aromatic carbocycles. The summed E-state index contributed by atoms with van der Waals surface area (Å²) in [7, 11) is 3.24. The third-order valence-electron chi connectivity index (χ3n) is 3.90. The molecule has 0 aliphatic carbocycles. The summed E-state index contributed by atoms with van der Waals surface area (Å²) in [4.78, 5) is 16.5. The van der Waals surface area contributed by atoms with Crippen molar-refractivity contribution < 1.29 is 18.7 Å². The van der Waals surface area contributed by atoms with Crippen LogP contribution in [0.3, 0.4) is 0 Å². The molecule has 1 amide bonds. The van der Waals surface area contributed by atoms with Crippen LogP contribution in [-0.4, -0.2) is 68.9 Å². The fraction of sp³-hybridized carbons (Fsp3) is 0.562. The molecule has 0 spiro atoms. The molecule has 1 aliphatic heterocycles. The fourth-order valence-corrected chi connectivity index (χ4v) is 2.59. The van der Waals surface area contributed by atoms with E-state index in [0.717, 1.165) is 19.5 Å². The van der Waals surface area contributed by atoms with Crippen LogP contribution in [0.2, 0.25) is 0 Å². The minimum absolute atomic E-state index is 0.0446. The number of hydrogen-bond donors (Lipinski definition) is 0. The lowest BCUT2D eigenvalue weighted by Gasteiger charge is -2.25. The van der Waals surface area contributed by atoms with E-state index in [1.807, 2.05) is 4.90 Å². The highest BCUT2D eigenvalue weighted by molar-refractivity contribution is 5.94. The second-order valence-corrected chi connectivity index (χ2v) is 5.35. The van der Waals surface area contributed by atoms with Crippen molar-refractivity contribution in [3.05, 3.63) is 35.6 Å². The van der Waals surface area contributed by atoms with E-state index in [-0.39, 0.29) is 18.0 Å². The molecule has 0 radical (unpaired) electrons. The highest BCUT2D eigenvalue weighted by Gasteiger charge is 2.21. The number of benzene rings is 1. The van der Waals surface area contributed by atoms with Crippen molar-refractivity contribution in [2.75, 3.05) is 46.9 Å². The number of ether oxygens (including phenoxy) is 2. The number of hydrogen-bond acceptors (Lipinski definition) is 4. The molecule has 1 aromatic rings. The molecule has 2 rings (SSSR count). The predicted octanol–water partition coefficient (Wildman–Crippen LogP) is 1.59. The van der Waals surface area contributed by atoms with E-state index in [1.54, 1.807) is 14.2 Å². The molecule has 6 heteroatoms. The van der Waals surface area contributed by atoms with E-state index >= 15 is 0 Å². The van der Waals surface area contributed by atoms with Crippen LogP contribution in [0.25, 0.3) is 0 Å². The maximum Gasteiger partial charge on any atom is 0.253 e. The maximum atomic E-state index is 12.9. The van der Waals surface area contributed by atoms with Crippen LogP contribution in [0, 0.1) is 5.82 Å². The number of carbonyl (C=O) groups excluding carboxylic acids is 1. The molecular weight excluding hydrogens is 287 g/mol. The van der Waals surface area contributed by atoms with Crippen molar-refractivity contribution in [1.29, 1.82) is 0 Å². The first-order valence-electron chi connectivity index (χ1n) is 7.47. The molecule has 1 heterocycles. The van der Waals surface area contributed by atoms with Crippen molar-refractivity contribution in [3.8, 4) is 0 Å². The number of amides is 1. The van der Waals surface area contributed by atoms with Crippen molar-refractivity contribution in [3.63, 3.8) is 0 Å². The summed E-state index contributed by atoms with van der Waals surface area (Å²) in [5, 5.41) is 0. The molecular formula is C16H23FN2O3. The summed E-state index contributed by atoms with van der Waals surface area (Å²) >= 11 is 0. The van der Waals surface area contributed by atoms with Crippen molar-refractivity contribution in [1.82, 2.24) is 9.80 Å². The Kier molecular flexibility index (Phi) is 6.30. The number of rotatable bonds is 5. The molecule has 0 N–H and O–H groups in total. The van der Waals surface area contributed by atoms with Gasteiger partial charge < -0.3 is 14.4 Å². The van der Waals surface area contributed by atoms with Gasteiger partial charge in [-0.1, -0.05) is 0 Å². The van der Waals surface area contributed by atoms with Crippen LogP contribution in [0.15, 0.2) is 24.3 Å². The van der Waals surface area contributed by atoms with Crippen molar-refractivity contribution in [2.24, 2.45) is 0 Å². The Morgan fingerprint density at radius 1 is 1.14 bits per heavy atom. The van der Waals surface area contributed by atoms with E-state index in [0.29, 0.717) is 25.2 Å². The van der Waals surface area contributed by atoms with E-state index in [2.05, 4.69) is 4.90 Å². The second kappa shape index (κ2) is 8.22. The van der Waals surface area contributed by atoms with Gasteiger partial charge in [-0.15, -0.1) is 0 Å². The van der Waals surface area contributed by atoms with Crippen LogP contribution in [0.1, 0.15) is 16.8 Å². The van der Waals surface area contributed by atoms with Crippen LogP contribution >= 0.6 is 0 Å². The number of nitrogens with zero attached hydrogens (tertiary/aromatic N) is 2. The summed E-state index contributed by atoms with van der Waals surface area (Å²) in [5.41, 5.74) is 0.529.